The van der Waals surface area contributed by atoms with Gasteiger partial charge in [0.1, 0.15) is 5.75 Å². The highest BCUT2D eigenvalue weighted by Crippen LogP contribution is 2.47. The molecule has 2 amide bonds. The van der Waals surface area contributed by atoms with Gasteiger partial charge in [0.2, 0.25) is 0 Å². The molecule has 2 aromatic rings. The zero-order chi connectivity index (χ0) is 20.6. The number of amides is 2. The molecular formula is C23H27N3O4. The fourth-order valence-corrected chi connectivity index (χ4v) is 4.53. The van der Waals surface area contributed by atoms with Crippen LogP contribution in [0.15, 0.2) is 42.5 Å². The van der Waals surface area contributed by atoms with E-state index >= 15 is 0 Å². The number of carbonyl (C=O) groups is 1. The molecule has 1 aliphatic carbocycles. The molecule has 2 heterocycles. The van der Waals surface area contributed by atoms with Crippen molar-refractivity contribution in [2.45, 2.75) is 31.5 Å². The Morgan fingerprint density at radius 1 is 1.00 bits per heavy atom. The van der Waals surface area contributed by atoms with Gasteiger partial charge in [-0.15, -0.1) is 0 Å². The van der Waals surface area contributed by atoms with Crippen LogP contribution < -0.4 is 24.4 Å². The van der Waals surface area contributed by atoms with E-state index in [0.29, 0.717) is 13.1 Å². The normalized spacial score (nSPS) is 19.2. The van der Waals surface area contributed by atoms with Crippen LogP contribution in [0.4, 0.5) is 16.2 Å². The topological polar surface area (TPSA) is 63.3 Å². The van der Waals surface area contributed by atoms with E-state index in [9.17, 15) is 4.79 Å². The molecule has 1 N–H and O–H groups in total. The molecule has 0 unspecified atom stereocenters. The third-order valence-electron chi connectivity index (χ3n) is 6.15. The van der Waals surface area contributed by atoms with Gasteiger partial charge in [0, 0.05) is 50.8 Å². The fourth-order valence-electron chi connectivity index (χ4n) is 4.53. The molecule has 2 aromatic carbocycles. The molecule has 30 heavy (non-hydrogen) atoms. The van der Waals surface area contributed by atoms with Crippen LogP contribution >= 0.6 is 0 Å². The number of ether oxygens (including phenoxy) is 3. The first kappa shape index (κ1) is 18.9. The van der Waals surface area contributed by atoms with E-state index in [4.69, 9.17) is 14.2 Å². The highest BCUT2D eigenvalue weighted by molar-refractivity contribution is 5.90. The van der Waals surface area contributed by atoms with E-state index in [1.807, 2.05) is 41.3 Å². The fraction of sp³-hybridized carbons (Fsp3) is 0.435. The number of hydrogen-bond donors (Lipinski definition) is 1. The van der Waals surface area contributed by atoms with Crippen molar-refractivity contribution in [2.24, 2.45) is 0 Å². The molecule has 0 radical (unpaired) electrons. The summed E-state index contributed by atoms with van der Waals surface area (Å²) < 4.78 is 17.6. The van der Waals surface area contributed by atoms with Crippen LogP contribution in [0.1, 0.15) is 25.7 Å². The van der Waals surface area contributed by atoms with Gasteiger partial charge >= 0.3 is 6.03 Å². The minimum Gasteiger partial charge on any atom is -0.495 e. The van der Waals surface area contributed by atoms with E-state index in [0.717, 1.165) is 67.4 Å². The summed E-state index contributed by atoms with van der Waals surface area (Å²) in [6.07, 6.45) is 4.08. The van der Waals surface area contributed by atoms with Crippen LogP contribution in [0.2, 0.25) is 0 Å². The van der Waals surface area contributed by atoms with E-state index < -0.39 is 5.79 Å². The lowest BCUT2D eigenvalue weighted by Crippen LogP contribution is -2.50. The molecule has 0 bridgehead atoms. The first-order valence-corrected chi connectivity index (χ1v) is 10.6. The molecule has 5 rings (SSSR count). The Morgan fingerprint density at radius 3 is 2.50 bits per heavy atom. The van der Waals surface area contributed by atoms with Crippen LogP contribution in [-0.2, 0) is 0 Å². The molecule has 2 aliphatic heterocycles. The van der Waals surface area contributed by atoms with Crippen molar-refractivity contribution in [3.8, 4) is 17.2 Å². The Kier molecular flexibility index (Phi) is 4.81. The Morgan fingerprint density at radius 2 is 1.73 bits per heavy atom. The smallest absolute Gasteiger partial charge is 0.321 e. The molecule has 1 spiro atoms. The zero-order valence-corrected chi connectivity index (χ0v) is 17.2. The number of fused-ring (bicyclic) bond motifs is 1. The minimum atomic E-state index is -0.486. The number of methoxy groups -OCH3 is 1. The van der Waals surface area contributed by atoms with Gasteiger partial charge < -0.3 is 29.3 Å². The van der Waals surface area contributed by atoms with Crippen molar-refractivity contribution >= 4 is 17.4 Å². The van der Waals surface area contributed by atoms with Crippen molar-refractivity contribution < 1.29 is 19.0 Å². The SMILES string of the molecule is COc1ccccc1N1CCN(C(=O)Nc2ccc3c(c2)OC2(CCCC2)O3)CC1. The second kappa shape index (κ2) is 7.63. The Hall–Kier alpha value is -3.09. The summed E-state index contributed by atoms with van der Waals surface area (Å²) in [5.74, 6) is 1.85. The van der Waals surface area contributed by atoms with Crippen molar-refractivity contribution in [3.05, 3.63) is 42.5 Å². The molecule has 2 fully saturated rings. The number of benzene rings is 2. The van der Waals surface area contributed by atoms with Gasteiger partial charge in [-0.3, -0.25) is 0 Å². The van der Waals surface area contributed by atoms with Crippen molar-refractivity contribution in [1.82, 2.24) is 4.90 Å². The van der Waals surface area contributed by atoms with Crippen molar-refractivity contribution in [1.29, 1.82) is 0 Å². The Labute approximate surface area is 176 Å². The standard InChI is InChI=1S/C23H27N3O4/c1-28-19-7-3-2-6-18(19)25-12-14-26(15-13-25)22(27)24-17-8-9-20-21(16-17)30-23(29-20)10-4-5-11-23/h2-3,6-9,16H,4-5,10-15H2,1H3,(H,24,27). The molecule has 0 aromatic heterocycles. The van der Waals surface area contributed by atoms with E-state index in [1.165, 1.54) is 0 Å². The van der Waals surface area contributed by atoms with Crippen LogP contribution in [0.25, 0.3) is 0 Å². The van der Waals surface area contributed by atoms with Gasteiger partial charge in [-0.2, -0.15) is 0 Å². The van der Waals surface area contributed by atoms with Crippen molar-refractivity contribution in [3.63, 3.8) is 0 Å². The number of anilines is 2. The molecule has 7 heteroatoms. The average molecular weight is 409 g/mol. The van der Waals surface area contributed by atoms with Crippen LogP contribution in [0.5, 0.6) is 17.2 Å². The largest absolute Gasteiger partial charge is 0.495 e. The summed E-state index contributed by atoms with van der Waals surface area (Å²) >= 11 is 0. The Bertz CT molecular complexity index is 934. The Balaban J connectivity index is 1.19. The molecule has 158 valence electrons. The van der Waals surface area contributed by atoms with Gasteiger partial charge in [0.25, 0.3) is 5.79 Å². The third-order valence-corrected chi connectivity index (χ3v) is 6.15. The first-order chi connectivity index (χ1) is 14.7. The maximum atomic E-state index is 12.8. The summed E-state index contributed by atoms with van der Waals surface area (Å²) in [7, 11) is 1.68. The van der Waals surface area contributed by atoms with Crippen LogP contribution in [0.3, 0.4) is 0 Å². The van der Waals surface area contributed by atoms with Gasteiger partial charge in [0.05, 0.1) is 12.8 Å². The molecule has 3 aliphatic rings. The maximum absolute atomic E-state index is 12.8. The van der Waals surface area contributed by atoms with Crippen LogP contribution in [-0.4, -0.2) is 50.0 Å². The number of hydrogen-bond acceptors (Lipinski definition) is 5. The maximum Gasteiger partial charge on any atom is 0.321 e. The van der Waals surface area contributed by atoms with Gasteiger partial charge in [-0.1, -0.05) is 12.1 Å². The van der Waals surface area contributed by atoms with E-state index in [1.54, 1.807) is 7.11 Å². The number of nitrogens with one attached hydrogen (secondary N) is 1. The first-order valence-electron chi connectivity index (χ1n) is 10.6. The lowest BCUT2D eigenvalue weighted by atomic mass is 10.2. The highest BCUT2D eigenvalue weighted by atomic mass is 16.7. The zero-order valence-electron chi connectivity index (χ0n) is 17.2. The number of urea groups is 1. The van der Waals surface area contributed by atoms with Crippen molar-refractivity contribution in [2.75, 3.05) is 43.5 Å². The summed E-state index contributed by atoms with van der Waals surface area (Å²) in [5.41, 5.74) is 1.79. The second-order valence-electron chi connectivity index (χ2n) is 8.06. The lowest BCUT2D eigenvalue weighted by molar-refractivity contribution is -0.0716. The number of carbonyl (C=O) groups excluding carboxylic acids is 1. The van der Waals surface area contributed by atoms with Gasteiger partial charge in [0.15, 0.2) is 11.5 Å². The number of nitrogens with zero attached hydrogens (tertiary/aromatic N) is 2. The third kappa shape index (κ3) is 3.49. The number of rotatable bonds is 3. The summed E-state index contributed by atoms with van der Waals surface area (Å²) in [6.45, 7) is 2.82. The molecule has 1 saturated carbocycles. The monoisotopic (exact) mass is 409 g/mol. The summed E-state index contributed by atoms with van der Waals surface area (Å²) in [6, 6.07) is 13.5. The average Bonchev–Trinajstić information content (AvgIpc) is 3.39. The second-order valence-corrected chi connectivity index (χ2v) is 8.06. The number of para-hydroxylation sites is 2. The molecule has 1 saturated heterocycles. The quantitative estimate of drug-likeness (QED) is 0.827. The van der Waals surface area contributed by atoms with E-state index in [2.05, 4.69) is 16.3 Å². The highest BCUT2D eigenvalue weighted by Gasteiger charge is 2.44. The minimum absolute atomic E-state index is 0.0934. The molecule has 0 atom stereocenters. The predicted molar refractivity (Wildman–Crippen MR) is 115 cm³/mol. The number of piperazine rings is 1. The van der Waals surface area contributed by atoms with Gasteiger partial charge in [-0.05, 0) is 37.1 Å². The molecular weight excluding hydrogens is 382 g/mol. The van der Waals surface area contributed by atoms with Crippen LogP contribution in [0, 0.1) is 0 Å². The summed E-state index contributed by atoms with van der Waals surface area (Å²) in [4.78, 5) is 16.9. The van der Waals surface area contributed by atoms with E-state index in [-0.39, 0.29) is 6.03 Å². The predicted octanol–water partition coefficient (Wildman–Crippen LogP) is 4.09. The lowest BCUT2D eigenvalue weighted by Gasteiger charge is -2.36. The molecule has 7 nitrogen and oxygen atoms in total. The summed E-state index contributed by atoms with van der Waals surface area (Å²) in [5, 5.41) is 3.01. The van der Waals surface area contributed by atoms with Gasteiger partial charge in [-0.25, -0.2) is 4.79 Å².